The van der Waals surface area contributed by atoms with Crippen LogP contribution in [0.25, 0.3) is 0 Å². The van der Waals surface area contributed by atoms with Crippen molar-refractivity contribution in [2.45, 2.75) is 26.8 Å². The average molecular weight is 306 g/mol. The van der Waals surface area contributed by atoms with E-state index in [9.17, 15) is 14.4 Å². The van der Waals surface area contributed by atoms with Crippen LogP contribution in [-0.2, 0) is 14.3 Å². The summed E-state index contributed by atoms with van der Waals surface area (Å²) < 4.78 is 4.47. The van der Waals surface area contributed by atoms with E-state index in [4.69, 9.17) is 0 Å². The van der Waals surface area contributed by atoms with Crippen molar-refractivity contribution >= 4 is 17.8 Å². The number of hydrogen-bond donors (Lipinski definition) is 2. The van der Waals surface area contributed by atoms with Crippen LogP contribution < -0.4 is 10.6 Å². The predicted molar refractivity (Wildman–Crippen MR) is 82.3 cm³/mol. The zero-order valence-electron chi connectivity index (χ0n) is 13.3. The zero-order chi connectivity index (χ0) is 16.7. The Hall–Kier alpha value is -2.37. The number of nitrogens with one attached hydrogen (secondary N) is 2. The minimum absolute atomic E-state index is 0.120. The fraction of sp³-hybridized carbons (Fsp3) is 0.438. The van der Waals surface area contributed by atoms with Crippen LogP contribution >= 0.6 is 0 Å². The van der Waals surface area contributed by atoms with Gasteiger partial charge in [0.2, 0.25) is 5.91 Å². The molecule has 6 heteroatoms. The third-order valence-electron chi connectivity index (χ3n) is 3.26. The van der Waals surface area contributed by atoms with Crippen molar-refractivity contribution in [3.8, 4) is 0 Å². The molecule has 1 unspecified atom stereocenters. The first kappa shape index (κ1) is 17.7. The van der Waals surface area contributed by atoms with Crippen molar-refractivity contribution in [3.05, 3.63) is 35.4 Å². The lowest BCUT2D eigenvalue weighted by atomic mass is 10.0. The first-order chi connectivity index (χ1) is 10.4. The molecule has 1 rings (SSSR count). The second-order valence-electron chi connectivity index (χ2n) is 5.30. The second kappa shape index (κ2) is 8.17. The molecule has 2 amide bonds. The van der Waals surface area contributed by atoms with Crippen molar-refractivity contribution < 1.29 is 19.1 Å². The van der Waals surface area contributed by atoms with Crippen LogP contribution in [0.3, 0.4) is 0 Å². The summed E-state index contributed by atoms with van der Waals surface area (Å²) >= 11 is 0. The molecular weight excluding hydrogens is 284 g/mol. The van der Waals surface area contributed by atoms with E-state index in [0.717, 1.165) is 5.56 Å². The molecule has 0 fully saturated rings. The maximum Gasteiger partial charge on any atom is 0.325 e. The summed E-state index contributed by atoms with van der Waals surface area (Å²) in [5.41, 5.74) is 1.35. The Morgan fingerprint density at radius 1 is 1.18 bits per heavy atom. The van der Waals surface area contributed by atoms with E-state index in [2.05, 4.69) is 15.4 Å². The van der Waals surface area contributed by atoms with Gasteiger partial charge in [0, 0.05) is 5.56 Å². The monoisotopic (exact) mass is 306 g/mol. The summed E-state index contributed by atoms with van der Waals surface area (Å²) in [6, 6.07) is 6.42. The Morgan fingerprint density at radius 2 is 1.82 bits per heavy atom. The van der Waals surface area contributed by atoms with Gasteiger partial charge in [-0.15, -0.1) is 0 Å². The number of methoxy groups -OCH3 is 1. The van der Waals surface area contributed by atoms with E-state index in [1.54, 1.807) is 12.1 Å². The zero-order valence-corrected chi connectivity index (χ0v) is 13.3. The van der Waals surface area contributed by atoms with Gasteiger partial charge < -0.3 is 15.4 Å². The smallest absolute Gasteiger partial charge is 0.325 e. The minimum atomic E-state index is -0.725. The molecule has 0 saturated carbocycles. The number of rotatable bonds is 6. The van der Waals surface area contributed by atoms with Crippen molar-refractivity contribution in [2.24, 2.45) is 5.92 Å². The van der Waals surface area contributed by atoms with Crippen LogP contribution in [-0.4, -0.2) is 37.5 Å². The van der Waals surface area contributed by atoms with E-state index in [0.29, 0.717) is 5.56 Å². The van der Waals surface area contributed by atoms with Gasteiger partial charge in [-0.25, -0.2) is 0 Å². The van der Waals surface area contributed by atoms with Crippen LogP contribution in [0, 0.1) is 12.8 Å². The molecule has 0 bridgehead atoms. The molecule has 120 valence electrons. The van der Waals surface area contributed by atoms with E-state index < -0.39 is 17.9 Å². The van der Waals surface area contributed by atoms with Crippen molar-refractivity contribution in [2.75, 3.05) is 13.7 Å². The van der Waals surface area contributed by atoms with Gasteiger partial charge in [-0.3, -0.25) is 14.4 Å². The molecule has 0 radical (unpaired) electrons. The molecule has 1 aromatic rings. The molecule has 0 saturated heterocycles. The van der Waals surface area contributed by atoms with Gasteiger partial charge in [-0.05, 0) is 24.5 Å². The Labute approximate surface area is 130 Å². The van der Waals surface area contributed by atoms with Crippen LogP contribution in [0.2, 0.25) is 0 Å². The number of ether oxygens (including phenoxy) is 1. The number of aryl methyl sites for hydroxylation is 1. The highest BCUT2D eigenvalue weighted by atomic mass is 16.5. The maximum absolute atomic E-state index is 12.3. The molecule has 0 aliphatic carbocycles. The van der Waals surface area contributed by atoms with Crippen LogP contribution in [0.5, 0.6) is 0 Å². The Balaban J connectivity index is 2.76. The highest BCUT2D eigenvalue weighted by Crippen LogP contribution is 2.09. The van der Waals surface area contributed by atoms with Gasteiger partial charge in [0.15, 0.2) is 0 Å². The van der Waals surface area contributed by atoms with E-state index in [1.165, 1.54) is 7.11 Å². The molecule has 1 aromatic carbocycles. The van der Waals surface area contributed by atoms with Crippen LogP contribution in [0.4, 0.5) is 0 Å². The number of carbonyl (C=O) groups is 3. The molecule has 0 spiro atoms. The molecule has 0 heterocycles. The number of hydrogen-bond acceptors (Lipinski definition) is 4. The van der Waals surface area contributed by atoms with Gasteiger partial charge in [0.05, 0.1) is 7.11 Å². The van der Waals surface area contributed by atoms with E-state index in [-0.39, 0.29) is 18.4 Å². The second-order valence-corrected chi connectivity index (χ2v) is 5.30. The van der Waals surface area contributed by atoms with Crippen LogP contribution in [0.1, 0.15) is 29.8 Å². The summed E-state index contributed by atoms with van der Waals surface area (Å²) in [7, 11) is 1.24. The lowest BCUT2D eigenvalue weighted by Gasteiger charge is -2.22. The number of amides is 2. The molecule has 0 aliphatic heterocycles. The molecule has 0 aromatic heterocycles. The molecule has 6 nitrogen and oxygen atoms in total. The highest BCUT2D eigenvalue weighted by Gasteiger charge is 2.25. The van der Waals surface area contributed by atoms with Gasteiger partial charge >= 0.3 is 5.97 Å². The maximum atomic E-state index is 12.3. The Bertz CT molecular complexity index is 555. The number of carbonyl (C=O) groups excluding carboxylic acids is 3. The lowest BCUT2D eigenvalue weighted by Crippen LogP contribution is -2.50. The van der Waals surface area contributed by atoms with Crippen molar-refractivity contribution in [3.63, 3.8) is 0 Å². The predicted octanol–water partition coefficient (Wildman–Crippen LogP) is 1.04. The first-order valence-corrected chi connectivity index (χ1v) is 7.07. The van der Waals surface area contributed by atoms with E-state index in [1.807, 2.05) is 32.9 Å². The fourth-order valence-corrected chi connectivity index (χ4v) is 1.92. The number of esters is 1. The van der Waals surface area contributed by atoms with Gasteiger partial charge in [-0.1, -0.05) is 32.0 Å². The van der Waals surface area contributed by atoms with Gasteiger partial charge in [0.1, 0.15) is 12.6 Å². The Kier molecular flexibility index (Phi) is 6.56. The lowest BCUT2D eigenvalue weighted by molar-refractivity contribution is -0.141. The summed E-state index contributed by atoms with van der Waals surface area (Å²) in [4.78, 5) is 35.5. The normalized spacial score (nSPS) is 11.7. The average Bonchev–Trinajstić information content (AvgIpc) is 2.49. The molecule has 22 heavy (non-hydrogen) atoms. The summed E-state index contributed by atoms with van der Waals surface area (Å²) in [6.07, 6.45) is 0. The third-order valence-corrected chi connectivity index (χ3v) is 3.26. The molecular formula is C16H22N2O4. The largest absolute Gasteiger partial charge is 0.468 e. The third kappa shape index (κ3) is 4.87. The summed E-state index contributed by atoms with van der Waals surface area (Å²) in [5.74, 6) is -1.39. The van der Waals surface area contributed by atoms with E-state index >= 15 is 0 Å². The SMILES string of the molecule is COC(=O)CNC(=O)C(NC(=O)c1ccccc1C)C(C)C. The Morgan fingerprint density at radius 3 is 2.36 bits per heavy atom. The highest BCUT2D eigenvalue weighted by molar-refractivity contribution is 5.99. The van der Waals surface area contributed by atoms with Crippen molar-refractivity contribution in [1.29, 1.82) is 0 Å². The molecule has 0 aliphatic rings. The quantitative estimate of drug-likeness (QED) is 0.769. The minimum Gasteiger partial charge on any atom is -0.468 e. The van der Waals surface area contributed by atoms with Gasteiger partial charge in [-0.2, -0.15) is 0 Å². The van der Waals surface area contributed by atoms with Crippen LogP contribution in [0.15, 0.2) is 24.3 Å². The summed E-state index contributed by atoms with van der Waals surface area (Å²) in [5, 5.41) is 5.17. The topological polar surface area (TPSA) is 84.5 Å². The molecule has 1 atom stereocenters. The first-order valence-electron chi connectivity index (χ1n) is 7.07. The van der Waals surface area contributed by atoms with Gasteiger partial charge in [0.25, 0.3) is 5.91 Å². The fourth-order valence-electron chi connectivity index (χ4n) is 1.92. The summed E-state index contributed by atoms with van der Waals surface area (Å²) in [6.45, 7) is 5.25. The molecule has 2 N–H and O–H groups in total. The number of benzene rings is 1. The van der Waals surface area contributed by atoms with Crippen molar-refractivity contribution in [1.82, 2.24) is 10.6 Å². The standard InChI is InChI=1S/C16H22N2O4/c1-10(2)14(16(21)17-9-13(19)22-4)18-15(20)12-8-6-5-7-11(12)3/h5-8,10,14H,9H2,1-4H3,(H,17,21)(H,18,20).